The number of aliphatic hydroxyl groups excluding tert-OH is 1. The van der Waals surface area contributed by atoms with Gasteiger partial charge in [-0.1, -0.05) is 30.3 Å². The van der Waals surface area contributed by atoms with Crippen molar-refractivity contribution in [2.45, 2.75) is 19.3 Å². The lowest BCUT2D eigenvalue weighted by Gasteiger charge is -2.08. The number of fused-ring (bicyclic) bond motifs is 1. The molecule has 0 radical (unpaired) electrons. The summed E-state index contributed by atoms with van der Waals surface area (Å²) in [5, 5.41) is 20.1. The van der Waals surface area contributed by atoms with Crippen LogP contribution in [0.4, 0.5) is 19.1 Å². The lowest BCUT2D eigenvalue weighted by Crippen LogP contribution is -2.44. The summed E-state index contributed by atoms with van der Waals surface area (Å²) in [7, 11) is 0. The molecule has 0 fully saturated rings. The number of nitrogens with two attached hydrogens (primary N) is 1. The van der Waals surface area contributed by atoms with Crippen molar-refractivity contribution >= 4 is 11.6 Å². The number of nitrogens with one attached hydrogen (secondary N) is 1. The molecule has 178 valence electrons. The number of aliphatic hydroxyl groups is 1. The van der Waals surface area contributed by atoms with Gasteiger partial charge < -0.3 is 15.3 Å². The maximum Gasteiger partial charge on any atom is 0.451 e. The monoisotopic (exact) mass is 485 g/mol. The average Bonchev–Trinajstić information content (AvgIpc) is 3.45. The van der Waals surface area contributed by atoms with E-state index in [9.17, 15) is 23.1 Å². The molecular formula is C21H16F3N8O3+. The Morgan fingerprint density at radius 3 is 2.69 bits per heavy atom. The molecule has 4 heterocycles. The molecule has 4 aromatic heterocycles. The van der Waals surface area contributed by atoms with Crippen molar-refractivity contribution in [2.24, 2.45) is 0 Å². The van der Waals surface area contributed by atoms with E-state index in [1.807, 2.05) is 6.07 Å². The third-order valence-corrected chi connectivity index (χ3v) is 5.23. The SMILES string of the molecule is Nc1nc(-c2ccccc2)c(-c2cnnc(CO)c2)c2[nH]n(Cc3ncoc3C(F)(F)F)c(=O)[n+]12. The zero-order chi connectivity index (χ0) is 24.7. The molecule has 35 heavy (non-hydrogen) atoms. The van der Waals surface area contributed by atoms with Crippen LogP contribution in [0.2, 0.25) is 0 Å². The van der Waals surface area contributed by atoms with Crippen LogP contribution in [0.1, 0.15) is 17.1 Å². The third kappa shape index (κ3) is 3.89. The highest BCUT2D eigenvalue weighted by Gasteiger charge is 2.39. The maximum atomic E-state index is 13.3. The molecule has 0 aliphatic heterocycles. The Hall–Kier alpha value is -4.59. The zero-order valence-electron chi connectivity index (χ0n) is 17.7. The van der Waals surface area contributed by atoms with Gasteiger partial charge in [0.2, 0.25) is 11.4 Å². The van der Waals surface area contributed by atoms with Gasteiger partial charge in [0.25, 0.3) is 0 Å². The summed E-state index contributed by atoms with van der Waals surface area (Å²) in [6.45, 7) is -0.952. The average molecular weight is 485 g/mol. The molecule has 0 aliphatic rings. The second-order valence-electron chi connectivity index (χ2n) is 7.44. The number of rotatable bonds is 5. The summed E-state index contributed by atoms with van der Waals surface area (Å²) in [5.41, 5.74) is 7.12. The second-order valence-corrected chi connectivity index (χ2v) is 7.44. The van der Waals surface area contributed by atoms with E-state index in [1.54, 1.807) is 30.3 Å². The molecule has 0 amide bonds. The molecule has 0 unspecified atom stereocenters. The number of halogens is 3. The lowest BCUT2D eigenvalue weighted by atomic mass is 10.0. The van der Waals surface area contributed by atoms with Gasteiger partial charge in [0, 0.05) is 11.1 Å². The fraction of sp³-hybridized carbons (Fsp3) is 0.143. The van der Waals surface area contributed by atoms with Crippen molar-refractivity contribution in [1.29, 1.82) is 0 Å². The van der Waals surface area contributed by atoms with E-state index in [1.165, 1.54) is 6.20 Å². The van der Waals surface area contributed by atoms with Gasteiger partial charge in [-0.15, -0.1) is 9.38 Å². The van der Waals surface area contributed by atoms with Crippen molar-refractivity contribution in [3.63, 3.8) is 0 Å². The molecule has 0 atom stereocenters. The number of H-pyrrole nitrogens is 1. The number of nitrogens with zero attached hydrogens (tertiary/aromatic N) is 6. The Balaban J connectivity index is 1.78. The molecule has 11 nitrogen and oxygen atoms in total. The van der Waals surface area contributed by atoms with Gasteiger partial charge in [-0.3, -0.25) is 0 Å². The first kappa shape index (κ1) is 22.2. The number of nitrogen functional groups attached to an aromatic ring is 1. The number of oxazole rings is 1. The highest BCUT2D eigenvalue weighted by molar-refractivity contribution is 5.88. The number of anilines is 1. The van der Waals surface area contributed by atoms with E-state index in [-0.39, 0.29) is 23.9 Å². The predicted molar refractivity (Wildman–Crippen MR) is 113 cm³/mol. The summed E-state index contributed by atoms with van der Waals surface area (Å²) in [6.07, 6.45) is -2.72. The maximum absolute atomic E-state index is 13.3. The first-order valence-electron chi connectivity index (χ1n) is 10.1. The fourth-order valence-electron chi connectivity index (χ4n) is 3.73. The van der Waals surface area contributed by atoms with Crippen LogP contribution in [-0.2, 0) is 19.3 Å². The Morgan fingerprint density at radius 1 is 1.20 bits per heavy atom. The molecule has 0 spiro atoms. The molecule has 5 rings (SSSR count). The van der Waals surface area contributed by atoms with Gasteiger partial charge in [0.05, 0.1) is 24.1 Å². The summed E-state index contributed by atoms with van der Waals surface area (Å²) < 4.78 is 46.2. The van der Waals surface area contributed by atoms with E-state index in [0.717, 1.165) is 9.08 Å². The predicted octanol–water partition coefficient (Wildman–Crippen LogP) is 1.56. The number of aromatic nitrogens is 7. The summed E-state index contributed by atoms with van der Waals surface area (Å²) in [6, 6.07) is 10.5. The Morgan fingerprint density at radius 2 is 1.97 bits per heavy atom. The zero-order valence-corrected chi connectivity index (χ0v) is 17.7. The number of hydrogen-bond acceptors (Lipinski definition) is 8. The largest absolute Gasteiger partial charge is 0.451 e. The standard InChI is InChI=1S/C21H15F3N8O3/c22-21(23,24)17-14(26-10-35-17)8-31-20(34)32-18(30-31)15(12-6-13(9-33)29-27-7-12)16(28-19(32)25)11-4-2-1-3-5-11/h1-7,10,33H,8-9H2,(H2,25,28,29,30)/p+1. The van der Waals surface area contributed by atoms with Crippen LogP contribution in [0.5, 0.6) is 0 Å². The molecule has 0 aliphatic carbocycles. The molecule has 14 heteroatoms. The van der Waals surface area contributed by atoms with Gasteiger partial charge in [0.1, 0.15) is 17.9 Å². The Labute approximate surface area is 193 Å². The van der Waals surface area contributed by atoms with Gasteiger partial charge in [0.15, 0.2) is 6.39 Å². The van der Waals surface area contributed by atoms with E-state index < -0.39 is 29.9 Å². The van der Waals surface area contributed by atoms with Crippen LogP contribution in [0, 0.1) is 0 Å². The summed E-state index contributed by atoms with van der Waals surface area (Å²) in [5.74, 6) is -1.50. The number of benzene rings is 1. The highest BCUT2D eigenvalue weighted by Crippen LogP contribution is 2.33. The first-order valence-corrected chi connectivity index (χ1v) is 10.1. The van der Waals surface area contributed by atoms with Gasteiger partial charge in [-0.25, -0.2) is 14.9 Å². The van der Waals surface area contributed by atoms with Crippen LogP contribution >= 0.6 is 0 Å². The van der Waals surface area contributed by atoms with Crippen LogP contribution < -0.4 is 15.8 Å². The summed E-state index contributed by atoms with van der Waals surface area (Å²) >= 11 is 0. The molecule has 5 aromatic rings. The summed E-state index contributed by atoms with van der Waals surface area (Å²) in [4.78, 5) is 21.2. The van der Waals surface area contributed by atoms with Crippen LogP contribution in [0.3, 0.4) is 0 Å². The molecule has 0 bridgehead atoms. The fourth-order valence-corrected chi connectivity index (χ4v) is 3.73. The molecule has 0 saturated heterocycles. The number of aromatic amines is 1. The Bertz CT molecular complexity index is 1590. The van der Waals surface area contributed by atoms with Crippen molar-refractivity contribution < 1.29 is 27.1 Å². The minimum Gasteiger partial charge on any atom is -0.438 e. The minimum absolute atomic E-state index is 0.148. The topological polar surface area (TPSA) is 153 Å². The van der Waals surface area contributed by atoms with E-state index in [2.05, 4.69) is 29.7 Å². The van der Waals surface area contributed by atoms with Gasteiger partial charge in [-0.05, 0) is 6.07 Å². The van der Waals surface area contributed by atoms with Crippen molar-refractivity contribution in [3.05, 3.63) is 76.6 Å². The van der Waals surface area contributed by atoms with Crippen molar-refractivity contribution in [3.8, 4) is 22.4 Å². The smallest absolute Gasteiger partial charge is 0.438 e. The molecule has 0 saturated carbocycles. The quantitative estimate of drug-likeness (QED) is 0.317. The van der Waals surface area contributed by atoms with Gasteiger partial charge in [-0.2, -0.15) is 28.1 Å². The van der Waals surface area contributed by atoms with E-state index >= 15 is 0 Å². The normalized spacial score (nSPS) is 11.9. The van der Waals surface area contributed by atoms with Crippen molar-refractivity contribution in [2.75, 3.05) is 5.73 Å². The van der Waals surface area contributed by atoms with Crippen molar-refractivity contribution in [1.82, 2.24) is 29.9 Å². The molecule has 4 N–H and O–H groups in total. The molecular weight excluding hydrogens is 469 g/mol. The van der Waals surface area contributed by atoms with E-state index in [4.69, 9.17) is 5.73 Å². The van der Waals surface area contributed by atoms with Crippen LogP contribution in [0.15, 0.2) is 58.2 Å². The van der Waals surface area contributed by atoms with Gasteiger partial charge >= 0.3 is 17.8 Å². The highest BCUT2D eigenvalue weighted by atomic mass is 19.4. The number of alkyl halides is 3. The third-order valence-electron chi connectivity index (χ3n) is 5.23. The minimum atomic E-state index is -4.79. The van der Waals surface area contributed by atoms with E-state index in [0.29, 0.717) is 28.8 Å². The lowest BCUT2D eigenvalue weighted by molar-refractivity contribution is -0.516. The number of hydrogen-bond donors (Lipinski definition) is 3. The first-order chi connectivity index (χ1) is 16.8. The molecule has 1 aromatic carbocycles. The van der Waals surface area contributed by atoms with Crippen LogP contribution in [-0.4, -0.2) is 35.1 Å². The second kappa shape index (κ2) is 8.32. The van der Waals surface area contributed by atoms with Crippen LogP contribution in [0.25, 0.3) is 28.0 Å². The Kier molecular flexibility index (Phi) is 5.28.